The standard InChI is InChI=1S/C14H18N6/c1-4-12-11(9-19(3)17-12)8-15-14-16-13-7-10(2)5-6-20(13)18-14/h5-7,9H,4,8H2,1-3H3,(H,15,18). The van der Waals surface area contributed by atoms with E-state index in [0.717, 1.165) is 17.8 Å². The molecule has 0 fully saturated rings. The Morgan fingerprint density at radius 3 is 2.95 bits per heavy atom. The molecule has 3 aromatic heterocycles. The summed E-state index contributed by atoms with van der Waals surface area (Å²) in [5.41, 5.74) is 4.33. The van der Waals surface area contributed by atoms with Crippen LogP contribution >= 0.6 is 0 Å². The number of hydrogen-bond donors (Lipinski definition) is 1. The molecular weight excluding hydrogens is 252 g/mol. The first kappa shape index (κ1) is 12.7. The van der Waals surface area contributed by atoms with Crippen LogP contribution in [0.4, 0.5) is 5.95 Å². The molecule has 0 spiro atoms. The number of aryl methyl sites for hydroxylation is 3. The van der Waals surface area contributed by atoms with Crippen LogP contribution in [0, 0.1) is 6.92 Å². The molecule has 0 unspecified atom stereocenters. The Balaban J connectivity index is 1.79. The third-order valence-electron chi connectivity index (χ3n) is 3.26. The fraction of sp³-hybridized carbons (Fsp3) is 0.357. The largest absolute Gasteiger partial charge is 0.349 e. The van der Waals surface area contributed by atoms with Crippen LogP contribution in [0.3, 0.4) is 0 Å². The molecule has 0 saturated heterocycles. The van der Waals surface area contributed by atoms with E-state index in [9.17, 15) is 0 Å². The summed E-state index contributed by atoms with van der Waals surface area (Å²) in [6.45, 7) is 4.84. The van der Waals surface area contributed by atoms with Crippen LogP contribution in [-0.4, -0.2) is 24.4 Å². The van der Waals surface area contributed by atoms with E-state index in [-0.39, 0.29) is 0 Å². The Labute approximate surface area is 117 Å². The van der Waals surface area contributed by atoms with Crippen LogP contribution in [0.15, 0.2) is 24.5 Å². The minimum absolute atomic E-state index is 0.640. The molecule has 6 heteroatoms. The van der Waals surface area contributed by atoms with Gasteiger partial charge in [-0.2, -0.15) is 10.1 Å². The van der Waals surface area contributed by atoms with Crippen molar-refractivity contribution >= 4 is 11.6 Å². The zero-order valence-corrected chi connectivity index (χ0v) is 12.0. The molecule has 0 aliphatic heterocycles. The molecule has 3 heterocycles. The van der Waals surface area contributed by atoms with Crippen molar-refractivity contribution in [1.82, 2.24) is 24.4 Å². The van der Waals surface area contributed by atoms with Gasteiger partial charge in [-0.15, -0.1) is 5.10 Å². The van der Waals surface area contributed by atoms with Crippen LogP contribution in [0.2, 0.25) is 0 Å². The molecule has 0 saturated carbocycles. The number of nitrogens with zero attached hydrogens (tertiary/aromatic N) is 5. The third kappa shape index (κ3) is 2.36. The van der Waals surface area contributed by atoms with Crippen molar-refractivity contribution in [3.63, 3.8) is 0 Å². The predicted molar refractivity (Wildman–Crippen MR) is 77.6 cm³/mol. The van der Waals surface area contributed by atoms with E-state index in [0.29, 0.717) is 12.5 Å². The van der Waals surface area contributed by atoms with Gasteiger partial charge in [0.05, 0.1) is 5.69 Å². The summed E-state index contributed by atoms with van der Waals surface area (Å²) in [7, 11) is 1.94. The van der Waals surface area contributed by atoms with Gasteiger partial charge in [0.1, 0.15) is 0 Å². The summed E-state index contributed by atoms with van der Waals surface area (Å²) in [4.78, 5) is 4.46. The van der Waals surface area contributed by atoms with Crippen molar-refractivity contribution in [2.45, 2.75) is 26.8 Å². The number of anilines is 1. The maximum Gasteiger partial charge on any atom is 0.243 e. The second-order valence-corrected chi connectivity index (χ2v) is 4.92. The number of fused-ring (bicyclic) bond motifs is 1. The summed E-state index contributed by atoms with van der Waals surface area (Å²) in [6, 6.07) is 4.03. The first-order valence-corrected chi connectivity index (χ1v) is 6.74. The quantitative estimate of drug-likeness (QED) is 0.787. The monoisotopic (exact) mass is 270 g/mol. The molecular formula is C14H18N6. The van der Waals surface area contributed by atoms with E-state index >= 15 is 0 Å². The first-order valence-electron chi connectivity index (χ1n) is 6.74. The van der Waals surface area contributed by atoms with Gasteiger partial charge in [0.2, 0.25) is 5.95 Å². The van der Waals surface area contributed by atoms with Crippen molar-refractivity contribution in [2.24, 2.45) is 7.05 Å². The first-order chi connectivity index (χ1) is 9.65. The lowest BCUT2D eigenvalue weighted by atomic mass is 10.2. The molecule has 0 atom stereocenters. The highest BCUT2D eigenvalue weighted by atomic mass is 15.3. The van der Waals surface area contributed by atoms with Crippen molar-refractivity contribution in [1.29, 1.82) is 0 Å². The molecule has 6 nitrogen and oxygen atoms in total. The SMILES string of the molecule is CCc1nn(C)cc1CNc1nc2cc(C)ccn2n1. The lowest BCUT2D eigenvalue weighted by Crippen LogP contribution is -2.02. The second-order valence-electron chi connectivity index (χ2n) is 4.92. The van der Waals surface area contributed by atoms with Crippen LogP contribution < -0.4 is 5.32 Å². The van der Waals surface area contributed by atoms with Gasteiger partial charge in [0, 0.05) is 31.5 Å². The Bertz CT molecular complexity index is 739. The van der Waals surface area contributed by atoms with Gasteiger partial charge in [-0.05, 0) is 31.0 Å². The zero-order valence-electron chi connectivity index (χ0n) is 12.0. The van der Waals surface area contributed by atoms with Gasteiger partial charge >= 0.3 is 0 Å². The summed E-state index contributed by atoms with van der Waals surface area (Å²) in [5.74, 6) is 0.640. The van der Waals surface area contributed by atoms with Crippen molar-refractivity contribution in [3.8, 4) is 0 Å². The minimum atomic E-state index is 0.640. The summed E-state index contributed by atoms with van der Waals surface area (Å²) in [6.07, 6.45) is 4.88. The van der Waals surface area contributed by atoms with Crippen LogP contribution in [0.25, 0.3) is 5.65 Å². The number of hydrogen-bond acceptors (Lipinski definition) is 4. The van der Waals surface area contributed by atoms with Gasteiger partial charge in [-0.1, -0.05) is 6.92 Å². The molecule has 0 amide bonds. The normalized spacial score (nSPS) is 11.2. The lowest BCUT2D eigenvalue weighted by Gasteiger charge is -2.00. The number of aromatic nitrogens is 5. The fourth-order valence-electron chi connectivity index (χ4n) is 2.26. The van der Waals surface area contributed by atoms with Gasteiger partial charge in [0.15, 0.2) is 5.65 Å². The Kier molecular flexibility index (Phi) is 3.14. The Hall–Kier alpha value is -2.37. The van der Waals surface area contributed by atoms with E-state index in [1.807, 2.05) is 43.2 Å². The molecule has 20 heavy (non-hydrogen) atoms. The zero-order chi connectivity index (χ0) is 14.1. The maximum atomic E-state index is 4.46. The molecule has 1 N–H and O–H groups in total. The average Bonchev–Trinajstić information content (AvgIpc) is 2.98. The number of pyridine rings is 1. The van der Waals surface area contributed by atoms with Crippen LogP contribution in [0.5, 0.6) is 0 Å². The van der Waals surface area contributed by atoms with Crippen LogP contribution in [0.1, 0.15) is 23.7 Å². The number of rotatable bonds is 4. The number of nitrogens with one attached hydrogen (secondary N) is 1. The van der Waals surface area contributed by atoms with E-state index in [1.165, 1.54) is 11.1 Å². The second kappa shape index (κ2) is 4.96. The summed E-state index contributed by atoms with van der Waals surface area (Å²) in [5, 5.41) is 12.1. The van der Waals surface area contributed by atoms with Crippen molar-refractivity contribution < 1.29 is 0 Å². The fourth-order valence-corrected chi connectivity index (χ4v) is 2.26. The highest BCUT2D eigenvalue weighted by Crippen LogP contribution is 2.11. The van der Waals surface area contributed by atoms with Gasteiger partial charge in [-0.3, -0.25) is 4.68 Å². The van der Waals surface area contributed by atoms with E-state index in [1.54, 1.807) is 4.52 Å². The van der Waals surface area contributed by atoms with Gasteiger partial charge in [-0.25, -0.2) is 4.52 Å². The molecule has 0 aliphatic rings. The molecule has 104 valence electrons. The molecule has 0 aliphatic carbocycles. The van der Waals surface area contributed by atoms with E-state index < -0.39 is 0 Å². The smallest absolute Gasteiger partial charge is 0.243 e. The minimum Gasteiger partial charge on any atom is -0.349 e. The Morgan fingerprint density at radius 1 is 1.30 bits per heavy atom. The van der Waals surface area contributed by atoms with E-state index in [4.69, 9.17) is 0 Å². The molecule has 3 aromatic rings. The van der Waals surface area contributed by atoms with Gasteiger partial charge in [0.25, 0.3) is 0 Å². The van der Waals surface area contributed by atoms with Crippen molar-refractivity contribution in [3.05, 3.63) is 41.3 Å². The predicted octanol–water partition coefficient (Wildman–Crippen LogP) is 1.95. The topological polar surface area (TPSA) is 60.0 Å². The highest BCUT2D eigenvalue weighted by molar-refractivity contribution is 5.45. The average molecular weight is 270 g/mol. The maximum absolute atomic E-state index is 4.46. The highest BCUT2D eigenvalue weighted by Gasteiger charge is 2.08. The molecule has 0 bridgehead atoms. The molecule has 0 aromatic carbocycles. The molecule has 0 radical (unpaired) electrons. The molecule has 3 rings (SSSR count). The summed E-state index contributed by atoms with van der Waals surface area (Å²) >= 11 is 0. The Morgan fingerprint density at radius 2 is 2.15 bits per heavy atom. The summed E-state index contributed by atoms with van der Waals surface area (Å²) < 4.78 is 3.62. The van der Waals surface area contributed by atoms with E-state index in [2.05, 4.69) is 27.4 Å². The third-order valence-corrected chi connectivity index (χ3v) is 3.26. The van der Waals surface area contributed by atoms with Gasteiger partial charge < -0.3 is 5.32 Å². The van der Waals surface area contributed by atoms with Crippen molar-refractivity contribution in [2.75, 3.05) is 5.32 Å². The lowest BCUT2D eigenvalue weighted by molar-refractivity contribution is 0.746. The van der Waals surface area contributed by atoms with Crippen LogP contribution in [-0.2, 0) is 20.0 Å².